The van der Waals surface area contributed by atoms with Crippen molar-refractivity contribution in [2.24, 2.45) is 0 Å². The number of hydrogen-bond acceptors (Lipinski definition) is 2. The zero-order valence-corrected chi connectivity index (χ0v) is 13.0. The standard InChI is InChI=1S/C14H19ClO2Si/c1-10(2)14(16)17-13-8-6-12(7-9-13)11(3)18(4,5)15/h6-9,11H,1H2,2-5H3. The number of rotatable bonds is 4. The fourth-order valence-electron chi connectivity index (χ4n) is 1.42. The highest BCUT2D eigenvalue weighted by molar-refractivity contribution is 7.19. The number of carbonyl (C=O) groups is 1. The Balaban J connectivity index is 2.81. The van der Waals surface area contributed by atoms with Gasteiger partial charge in [-0.25, -0.2) is 4.79 Å². The van der Waals surface area contributed by atoms with Gasteiger partial charge in [0.1, 0.15) is 5.75 Å². The summed E-state index contributed by atoms with van der Waals surface area (Å²) in [6.45, 7) is 11.5. The van der Waals surface area contributed by atoms with Crippen molar-refractivity contribution < 1.29 is 9.53 Å². The summed E-state index contributed by atoms with van der Waals surface area (Å²) in [5, 5.41) is 0. The van der Waals surface area contributed by atoms with Crippen LogP contribution in [0.2, 0.25) is 13.1 Å². The maximum Gasteiger partial charge on any atom is 0.338 e. The van der Waals surface area contributed by atoms with E-state index in [0.29, 0.717) is 16.9 Å². The van der Waals surface area contributed by atoms with Crippen LogP contribution in [-0.2, 0) is 4.79 Å². The van der Waals surface area contributed by atoms with Crippen molar-refractivity contribution in [1.82, 2.24) is 0 Å². The van der Waals surface area contributed by atoms with Gasteiger partial charge in [-0.2, -0.15) is 11.1 Å². The van der Waals surface area contributed by atoms with Crippen LogP contribution < -0.4 is 4.74 Å². The summed E-state index contributed by atoms with van der Waals surface area (Å²) < 4.78 is 5.14. The molecule has 0 aliphatic rings. The lowest BCUT2D eigenvalue weighted by atomic mass is 10.1. The van der Waals surface area contributed by atoms with E-state index in [4.69, 9.17) is 15.8 Å². The van der Waals surface area contributed by atoms with Crippen LogP contribution in [0.5, 0.6) is 5.75 Å². The van der Waals surface area contributed by atoms with Gasteiger partial charge in [-0.1, -0.05) is 38.7 Å². The molecule has 18 heavy (non-hydrogen) atoms. The Bertz CT molecular complexity index is 446. The van der Waals surface area contributed by atoms with Gasteiger partial charge in [0.05, 0.1) is 0 Å². The molecule has 0 fully saturated rings. The predicted octanol–water partition coefficient (Wildman–Crippen LogP) is 4.25. The maximum atomic E-state index is 11.4. The van der Waals surface area contributed by atoms with Crippen molar-refractivity contribution in [2.75, 3.05) is 0 Å². The van der Waals surface area contributed by atoms with Gasteiger partial charge in [-0.05, 0) is 30.2 Å². The van der Waals surface area contributed by atoms with Gasteiger partial charge < -0.3 is 4.74 Å². The van der Waals surface area contributed by atoms with E-state index in [9.17, 15) is 4.79 Å². The molecule has 98 valence electrons. The lowest BCUT2D eigenvalue weighted by molar-refractivity contribution is -0.130. The number of carbonyl (C=O) groups excluding carboxylic acids is 1. The molecule has 0 saturated carbocycles. The topological polar surface area (TPSA) is 26.3 Å². The molecule has 0 heterocycles. The molecule has 0 amide bonds. The third-order valence-electron chi connectivity index (χ3n) is 2.97. The summed E-state index contributed by atoms with van der Waals surface area (Å²) in [7, 11) is -1.72. The normalized spacial score (nSPS) is 12.9. The Morgan fingerprint density at radius 3 is 2.22 bits per heavy atom. The lowest BCUT2D eigenvalue weighted by Crippen LogP contribution is -2.25. The Morgan fingerprint density at radius 2 is 1.83 bits per heavy atom. The van der Waals surface area contributed by atoms with Gasteiger partial charge in [0, 0.05) is 5.57 Å². The summed E-state index contributed by atoms with van der Waals surface area (Å²) in [5.41, 5.74) is 1.92. The van der Waals surface area contributed by atoms with Crippen LogP contribution in [0.15, 0.2) is 36.4 Å². The molecule has 0 aliphatic heterocycles. The average Bonchev–Trinajstić information content (AvgIpc) is 2.27. The molecule has 0 aliphatic carbocycles. The molecule has 4 heteroatoms. The summed E-state index contributed by atoms with van der Waals surface area (Å²) >= 11 is 6.43. The summed E-state index contributed by atoms with van der Waals surface area (Å²) in [6.07, 6.45) is 0. The lowest BCUT2D eigenvalue weighted by Gasteiger charge is -2.22. The van der Waals surface area contributed by atoms with Crippen LogP contribution in [0.1, 0.15) is 25.0 Å². The van der Waals surface area contributed by atoms with E-state index in [1.165, 1.54) is 5.56 Å². The quantitative estimate of drug-likeness (QED) is 0.271. The Morgan fingerprint density at radius 1 is 1.33 bits per heavy atom. The second kappa shape index (κ2) is 5.72. The van der Waals surface area contributed by atoms with Crippen LogP contribution in [-0.4, -0.2) is 13.4 Å². The third kappa shape index (κ3) is 4.00. The van der Waals surface area contributed by atoms with Gasteiger partial charge in [-0.3, -0.25) is 0 Å². The van der Waals surface area contributed by atoms with Crippen molar-refractivity contribution in [3.8, 4) is 5.75 Å². The van der Waals surface area contributed by atoms with E-state index < -0.39 is 13.4 Å². The minimum absolute atomic E-state index is 0.352. The molecule has 0 bridgehead atoms. The highest BCUT2D eigenvalue weighted by Crippen LogP contribution is 2.30. The third-order valence-corrected chi connectivity index (χ3v) is 6.34. The van der Waals surface area contributed by atoms with E-state index in [-0.39, 0.29) is 0 Å². The molecular weight excluding hydrogens is 264 g/mol. The van der Waals surface area contributed by atoms with Crippen LogP contribution in [0.25, 0.3) is 0 Å². The molecule has 1 unspecified atom stereocenters. The van der Waals surface area contributed by atoms with E-state index in [1.807, 2.05) is 12.1 Å². The van der Waals surface area contributed by atoms with Crippen LogP contribution >= 0.6 is 11.1 Å². The van der Waals surface area contributed by atoms with Crippen molar-refractivity contribution in [3.05, 3.63) is 42.0 Å². The smallest absolute Gasteiger partial charge is 0.338 e. The van der Waals surface area contributed by atoms with Gasteiger partial charge in [-0.15, -0.1) is 0 Å². The summed E-state index contributed by atoms with van der Waals surface area (Å²) in [6, 6.07) is 7.51. The average molecular weight is 283 g/mol. The second-order valence-electron chi connectivity index (χ2n) is 5.02. The summed E-state index contributed by atoms with van der Waals surface area (Å²) in [5.74, 6) is 0.135. The largest absolute Gasteiger partial charge is 0.423 e. The fraction of sp³-hybridized carbons (Fsp3) is 0.357. The molecule has 1 rings (SSSR count). The maximum absolute atomic E-state index is 11.4. The second-order valence-corrected chi connectivity index (χ2v) is 11.9. The number of ether oxygens (including phenoxy) is 1. The van der Waals surface area contributed by atoms with E-state index in [2.05, 4.69) is 26.6 Å². The van der Waals surface area contributed by atoms with E-state index in [0.717, 1.165) is 0 Å². The highest BCUT2D eigenvalue weighted by Gasteiger charge is 2.27. The molecule has 2 nitrogen and oxygen atoms in total. The Hall–Kier alpha value is -1.06. The predicted molar refractivity (Wildman–Crippen MR) is 78.6 cm³/mol. The zero-order chi connectivity index (χ0) is 13.9. The van der Waals surface area contributed by atoms with E-state index in [1.54, 1.807) is 19.1 Å². The minimum atomic E-state index is -1.72. The van der Waals surface area contributed by atoms with Crippen molar-refractivity contribution in [1.29, 1.82) is 0 Å². The molecule has 0 N–H and O–H groups in total. The number of esters is 1. The first-order valence-corrected chi connectivity index (χ1v) is 9.97. The summed E-state index contributed by atoms with van der Waals surface area (Å²) in [4.78, 5) is 11.4. The minimum Gasteiger partial charge on any atom is -0.423 e. The van der Waals surface area contributed by atoms with Crippen molar-refractivity contribution in [2.45, 2.75) is 32.5 Å². The number of hydrogen-bond donors (Lipinski definition) is 0. The van der Waals surface area contributed by atoms with Crippen LogP contribution in [0.4, 0.5) is 0 Å². The first-order valence-electron chi connectivity index (χ1n) is 5.88. The number of halogens is 1. The van der Waals surface area contributed by atoms with Gasteiger partial charge >= 0.3 is 5.97 Å². The zero-order valence-electron chi connectivity index (χ0n) is 11.3. The highest BCUT2D eigenvalue weighted by atomic mass is 35.6. The Labute approximate surface area is 114 Å². The fourth-order valence-corrected chi connectivity index (χ4v) is 2.78. The number of benzene rings is 1. The first-order chi connectivity index (χ1) is 8.21. The SMILES string of the molecule is C=C(C)C(=O)Oc1ccc(C(C)[Si](C)(C)Cl)cc1. The van der Waals surface area contributed by atoms with Gasteiger partial charge in [0.15, 0.2) is 7.38 Å². The van der Waals surface area contributed by atoms with Crippen molar-refractivity contribution >= 4 is 24.4 Å². The molecule has 0 spiro atoms. The van der Waals surface area contributed by atoms with E-state index >= 15 is 0 Å². The Kier molecular flexibility index (Phi) is 4.76. The van der Waals surface area contributed by atoms with Crippen molar-refractivity contribution in [3.63, 3.8) is 0 Å². The first kappa shape index (κ1) is 15.0. The van der Waals surface area contributed by atoms with Crippen LogP contribution in [0.3, 0.4) is 0 Å². The van der Waals surface area contributed by atoms with Gasteiger partial charge in [0.2, 0.25) is 0 Å². The molecule has 1 atom stereocenters. The molecule has 0 saturated heterocycles. The van der Waals surface area contributed by atoms with Crippen LogP contribution in [0, 0.1) is 0 Å². The monoisotopic (exact) mass is 282 g/mol. The molecule has 1 aromatic carbocycles. The molecular formula is C14H19ClO2Si. The molecule has 0 aromatic heterocycles. The molecule has 1 aromatic rings. The molecule has 0 radical (unpaired) electrons. The van der Waals surface area contributed by atoms with Gasteiger partial charge in [0.25, 0.3) is 0 Å².